The third-order valence-corrected chi connectivity index (χ3v) is 3.39. The molecule has 120 valence electrons. The van der Waals surface area contributed by atoms with E-state index in [0.717, 1.165) is 11.1 Å². The highest BCUT2D eigenvalue weighted by atomic mass is 19.1. The van der Waals surface area contributed by atoms with Gasteiger partial charge < -0.3 is 10.6 Å². The van der Waals surface area contributed by atoms with Gasteiger partial charge in [-0.15, -0.1) is 0 Å². The van der Waals surface area contributed by atoms with E-state index in [4.69, 9.17) is 0 Å². The molecule has 0 aliphatic carbocycles. The Morgan fingerprint density at radius 1 is 1.00 bits per heavy atom. The third kappa shape index (κ3) is 5.54. The summed E-state index contributed by atoms with van der Waals surface area (Å²) in [4.78, 5) is 23.6. The smallest absolute Gasteiger partial charge is 0.233 e. The average Bonchev–Trinajstić information content (AvgIpc) is 2.51. The summed E-state index contributed by atoms with van der Waals surface area (Å²) < 4.78 is 12.8. The molecule has 0 radical (unpaired) electrons. The molecule has 0 heterocycles. The zero-order valence-corrected chi connectivity index (χ0v) is 12.9. The van der Waals surface area contributed by atoms with Crippen LogP contribution in [0.25, 0.3) is 0 Å². The summed E-state index contributed by atoms with van der Waals surface area (Å²) in [6.45, 7) is 2.29. The van der Waals surface area contributed by atoms with E-state index in [1.54, 1.807) is 18.2 Å². The molecule has 0 aromatic heterocycles. The molecule has 2 rings (SSSR count). The topological polar surface area (TPSA) is 58.2 Å². The zero-order chi connectivity index (χ0) is 16.7. The summed E-state index contributed by atoms with van der Waals surface area (Å²) >= 11 is 0. The number of halogens is 1. The molecule has 4 nitrogen and oxygen atoms in total. The number of para-hydroxylation sites is 1. The molecule has 0 fully saturated rings. The molecular formula is C18H19FN2O2. The fourth-order valence-electron chi connectivity index (χ4n) is 2.11. The lowest BCUT2D eigenvalue weighted by Crippen LogP contribution is -2.29. The summed E-state index contributed by atoms with van der Waals surface area (Å²) in [5, 5.41) is 5.40. The molecule has 2 aromatic rings. The lowest BCUT2D eigenvalue weighted by molar-refractivity contribution is -0.126. The van der Waals surface area contributed by atoms with Crippen LogP contribution in [0.4, 0.5) is 10.1 Å². The summed E-state index contributed by atoms with van der Waals surface area (Å²) in [6, 6.07) is 13.5. The predicted molar refractivity (Wildman–Crippen MR) is 87.5 cm³/mol. The second-order valence-corrected chi connectivity index (χ2v) is 5.27. The molecule has 23 heavy (non-hydrogen) atoms. The van der Waals surface area contributed by atoms with E-state index in [-0.39, 0.29) is 24.1 Å². The normalized spacial score (nSPS) is 10.2. The summed E-state index contributed by atoms with van der Waals surface area (Å²) in [7, 11) is 0. The van der Waals surface area contributed by atoms with Gasteiger partial charge in [0.2, 0.25) is 11.8 Å². The van der Waals surface area contributed by atoms with Gasteiger partial charge in [0.15, 0.2) is 0 Å². The number of nitrogens with one attached hydrogen (secondary N) is 2. The number of hydrogen-bond acceptors (Lipinski definition) is 2. The maximum absolute atomic E-state index is 12.8. The second kappa shape index (κ2) is 8.08. The maximum atomic E-state index is 12.8. The number of carbonyl (C=O) groups is 2. The first-order valence-corrected chi connectivity index (χ1v) is 7.41. The average molecular weight is 314 g/mol. The molecule has 0 aliphatic rings. The minimum Gasteiger partial charge on any atom is -0.355 e. The van der Waals surface area contributed by atoms with E-state index >= 15 is 0 Å². The van der Waals surface area contributed by atoms with Crippen LogP contribution < -0.4 is 10.6 Å². The number of amides is 2. The Kier molecular flexibility index (Phi) is 5.86. The van der Waals surface area contributed by atoms with Gasteiger partial charge in [0.25, 0.3) is 0 Å². The van der Waals surface area contributed by atoms with Gasteiger partial charge in [0.05, 0.1) is 0 Å². The monoisotopic (exact) mass is 314 g/mol. The van der Waals surface area contributed by atoms with Crippen LogP contribution in [0.1, 0.15) is 17.5 Å². The quantitative estimate of drug-likeness (QED) is 0.806. The SMILES string of the molecule is Cc1ccccc1NC(=O)CC(=O)NCCc1ccc(F)cc1. The molecule has 2 N–H and O–H groups in total. The number of carbonyl (C=O) groups excluding carboxylic acids is 2. The van der Waals surface area contributed by atoms with Crippen molar-refractivity contribution in [2.75, 3.05) is 11.9 Å². The van der Waals surface area contributed by atoms with Crippen molar-refractivity contribution in [2.45, 2.75) is 19.8 Å². The lowest BCUT2D eigenvalue weighted by atomic mass is 10.1. The van der Waals surface area contributed by atoms with Gasteiger partial charge >= 0.3 is 0 Å². The zero-order valence-electron chi connectivity index (χ0n) is 12.9. The molecule has 5 heteroatoms. The van der Waals surface area contributed by atoms with Crippen LogP contribution in [0.3, 0.4) is 0 Å². The van der Waals surface area contributed by atoms with Crippen molar-refractivity contribution in [3.63, 3.8) is 0 Å². The molecule has 2 amide bonds. The van der Waals surface area contributed by atoms with Crippen molar-refractivity contribution in [2.24, 2.45) is 0 Å². The van der Waals surface area contributed by atoms with E-state index < -0.39 is 0 Å². The summed E-state index contributed by atoms with van der Waals surface area (Å²) in [6.07, 6.45) is 0.364. The van der Waals surface area contributed by atoms with Crippen LogP contribution >= 0.6 is 0 Å². The van der Waals surface area contributed by atoms with E-state index in [9.17, 15) is 14.0 Å². The first-order valence-electron chi connectivity index (χ1n) is 7.41. The van der Waals surface area contributed by atoms with Crippen LogP contribution in [0.15, 0.2) is 48.5 Å². The first-order chi connectivity index (χ1) is 11.0. The Morgan fingerprint density at radius 3 is 2.39 bits per heavy atom. The summed E-state index contributed by atoms with van der Waals surface area (Å²) in [5.74, 6) is -0.970. The molecule has 2 aromatic carbocycles. The number of hydrogen-bond donors (Lipinski definition) is 2. The largest absolute Gasteiger partial charge is 0.355 e. The Morgan fingerprint density at radius 2 is 1.70 bits per heavy atom. The molecule has 0 spiro atoms. The standard InChI is InChI=1S/C18H19FN2O2/c1-13-4-2-3-5-16(13)21-18(23)12-17(22)20-11-10-14-6-8-15(19)9-7-14/h2-9H,10-12H2,1H3,(H,20,22)(H,21,23). The van der Waals surface area contributed by atoms with Crippen molar-refractivity contribution >= 4 is 17.5 Å². The van der Waals surface area contributed by atoms with Crippen molar-refractivity contribution in [3.05, 3.63) is 65.5 Å². The maximum Gasteiger partial charge on any atom is 0.233 e. The first kappa shape index (κ1) is 16.7. The van der Waals surface area contributed by atoms with Crippen molar-refractivity contribution in [1.29, 1.82) is 0 Å². The minimum absolute atomic E-state index is 0.224. The van der Waals surface area contributed by atoms with Gasteiger partial charge in [-0.2, -0.15) is 0 Å². The van der Waals surface area contributed by atoms with Gasteiger partial charge in [-0.25, -0.2) is 4.39 Å². The Balaban J connectivity index is 1.73. The van der Waals surface area contributed by atoms with Crippen LogP contribution in [0, 0.1) is 12.7 Å². The molecule has 0 saturated heterocycles. The van der Waals surface area contributed by atoms with Crippen molar-refractivity contribution in [3.8, 4) is 0 Å². The van der Waals surface area contributed by atoms with E-state index in [1.165, 1.54) is 12.1 Å². The van der Waals surface area contributed by atoms with Crippen LogP contribution in [0.5, 0.6) is 0 Å². The van der Waals surface area contributed by atoms with Gasteiger partial charge in [-0.1, -0.05) is 30.3 Å². The van der Waals surface area contributed by atoms with Gasteiger partial charge in [-0.05, 0) is 42.7 Å². The fourth-order valence-corrected chi connectivity index (χ4v) is 2.11. The lowest BCUT2D eigenvalue weighted by Gasteiger charge is -2.08. The van der Waals surface area contributed by atoms with Crippen LogP contribution in [0.2, 0.25) is 0 Å². The highest BCUT2D eigenvalue weighted by molar-refractivity contribution is 6.03. The number of aryl methyl sites for hydroxylation is 1. The Labute approximate surface area is 134 Å². The van der Waals surface area contributed by atoms with E-state index in [2.05, 4.69) is 10.6 Å². The van der Waals surface area contributed by atoms with Crippen molar-refractivity contribution < 1.29 is 14.0 Å². The highest BCUT2D eigenvalue weighted by Crippen LogP contribution is 2.13. The molecule has 0 aliphatic heterocycles. The van der Waals surface area contributed by atoms with Crippen LogP contribution in [-0.2, 0) is 16.0 Å². The van der Waals surface area contributed by atoms with Gasteiger partial charge in [-0.3, -0.25) is 9.59 Å². The third-order valence-electron chi connectivity index (χ3n) is 3.39. The Hall–Kier alpha value is -2.69. The van der Waals surface area contributed by atoms with E-state index in [0.29, 0.717) is 18.7 Å². The number of benzene rings is 2. The fraction of sp³-hybridized carbons (Fsp3) is 0.222. The molecule has 0 atom stereocenters. The molecule has 0 unspecified atom stereocenters. The highest BCUT2D eigenvalue weighted by Gasteiger charge is 2.10. The number of rotatable bonds is 6. The van der Waals surface area contributed by atoms with E-state index in [1.807, 2.05) is 25.1 Å². The second-order valence-electron chi connectivity index (χ2n) is 5.27. The van der Waals surface area contributed by atoms with Gasteiger partial charge in [0.1, 0.15) is 12.2 Å². The number of anilines is 1. The van der Waals surface area contributed by atoms with Crippen molar-refractivity contribution in [1.82, 2.24) is 5.32 Å². The van der Waals surface area contributed by atoms with Crippen LogP contribution in [-0.4, -0.2) is 18.4 Å². The minimum atomic E-state index is -0.349. The predicted octanol–water partition coefficient (Wildman–Crippen LogP) is 2.82. The molecule has 0 saturated carbocycles. The summed E-state index contributed by atoms with van der Waals surface area (Å²) in [5.41, 5.74) is 2.57. The van der Waals surface area contributed by atoms with Gasteiger partial charge in [0, 0.05) is 12.2 Å². The molecule has 0 bridgehead atoms. The molecular weight excluding hydrogens is 295 g/mol. The Bertz CT molecular complexity index is 684.